The second-order valence-corrected chi connectivity index (χ2v) is 5.37. The minimum absolute atomic E-state index is 0.592. The van der Waals surface area contributed by atoms with Gasteiger partial charge >= 0.3 is 0 Å². The van der Waals surface area contributed by atoms with E-state index in [1.165, 1.54) is 31.2 Å². The highest BCUT2D eigenvalue weighted by Crippen LogP contribution is 2.60. The van der Waals surface area contributed by atoms with E-state index in [0.29, 0.717) is 6.04 Å². The first-order chi connectivity index (χ1) is 7.92. The van der Waals surface area contributed by atoms with Crippen LogP contribution in [0.25, 0.3) is 0 Å². The van der Waals surface area contributed by atoms with Crippen molar-refractivity contribution in [1.82, 2.24) is 5.32 Å². The fourth-order valence-corrected chi connectivity index (χ4v) is 3.78. The molecule has 0 amide bonds. The molecule has 0 heterocycles. The number of benzene rings is 1. The molecule has 1 nitrogen and oxygen atoms in total. The third-order valence-corrected chi connectivity index (χ3v) is 4.58. The first-order valence-corrected chi connectivity index (χ1v) is 6.64. The molecular weight excluding hydrogens is 194 g/mol. The lowest BCUT2D eigenvalue weighted by Gasteiger charge is -2.16. The highest BCUT2D eigenvalue weighted by atomic mass is 14.9. The van der Waals surface area contributed by atoms with Crippen molar-refractivity contribution in [2.24, 2.45) is 17.8 Å². The molecule has 1 aromatic rings. The summed E-state index contributed by atoms with van der Waals surface area (Å²) in [6, 6.07) is 11.6. The minimum atomic E-state index is 0.592. The van der Waals surface area contributed by atoms with Crippen LogP contribution in [0.5, 0.6) is 0 Å². The van der Waals surface area contributed by atoms with Crippen LogP contribution in [0, 0.1) is 17.8 Å². The zero-order chi connectivity index (χ0) is 11.0. The van der Waals surface area contributed by atoms with Crippen LogP contribution in [-0.4, -0.2) is 7.05 Å². The van der Waals surface area contributed by atoms with Gasteiger partial charge in [-0.05, 0) is 43.2 Å². The summed E-state index contributed by atoms with van der Waals surface area (Å²) in [6.07, 6.45) is 5.87. The van der Waals surface area contributed by atoms with Gasteiger partial charge in [-0.1, -0.05) is 43.2 Å². The van der Waals surface area contributed by atoms with E-state index in [0.717, 1.165) is 17.8 Å². The van der Waals surface area contributed by atoms with Gasteiger partial charge < -0.3 is 5.32 Å². The van der Waals surface area contributed by atoms with Gasteiger partial charge in [0.15, 0.2) is 0 Å². The molecule has 0 radical (unpaired) electrons. The van der Waals surface area contributed by atoms with Crippen LogP contribution in [0.4, 0.5) is 0 Å². The second-order valence-electron chi connectivity index (χ2n) is 5.37. The van der Waals surface area contributed by atoms with Crippen LogP contribution in [0.2, 0.25) is 0 Å². The quantitative estimate of drug-likeness (QED) is 0.815. The average Bonchev–Trinajstić information content (AvgIpc) is 3.07. The molecule has 1 N–H and O–H groups in total. The smallest absolute Gasteiger partial charge is 0.0351 e. The molecule has 16 heavy (non-hydrogen) atoms. The van der Waals surface area contributed by atoms with Gasteiger partial charge in [0.05, 0.1) is 0 Å². The molecule has 2 saturated carbocycles. The average molecular weight is 215 g/mol. The van der Waals surface area contributed by atoms with E-state index in [-0.39, 0.29) is 0 Å². The zero-order valence-corrected chi connectivity index (χ0v) is 10.0. The number of rotatable bonds is 3. The molecule has 1 aromatic carbocycles. The fraction of sp³-hybridized carbons (Fsp3) is 0.600. The van der Waals surface area contributed by atoms with Gasteiger partial charge in [0.1, 0.15) is 0 Å². The van der Waals surface area contributed by atoms with Gasteiger partial charge in [-0.2, -0.15) is 0 Å². The van der Waals surface area contributed by atoms with Gasteiger partial charge in [-0.15, -0.1) is 0 Å². The summed E-state index contributed by atoms with van der Waals surface area (Å²) in [5.74, 6) is 2.95. The molecule has 3 rings (SSSR count). The molecule has 3 unspecified atom stereocenters. The van der Waals surface area contributed by atoms with Crippen molar-refractivity contribution in [3.05, 3.63) is 35.9 Å². The molecule has 2 aliphatic rings. The van der Waals surface area contributed by atoms with Crippen molar-refractivity contribution in [3.63, 3.8) is 0 Å². The van der Waals surface area contributed by atoms with E-state index >= 15 is 0 Å². The summed E-state index contributed by atoms with van der Waals surface area (Å²) in [5.41, 5.74) is 1.48. The third-order valence-electron chi connectivity index (χ3n) is 4.58. The number of hydrogen-bond acceptors (Lipinski definition) is 1. The monoisotopic (exact) mass is 215 g/mol. The normalized spacial score (nSPS) is 34.2. The molecule has 0 aliphatic heterocycles. The summed E-state index contributed by atoms with van der Waals surface area (Å²) in [7, 11) is 2.11. The lowest BCUT2D eigenvalue weighted by molar-refractivity contribution is 0.480. The molecule has 0 bridgehead atoms. The fourth-order valence-electron chi connectivity index (χ4n) is 3.78. The van der Waals surface area contributed by atoms with Crippen LogP contribution < -0.4 is 5.32 Å². The second kappa shape index (κ2) is 4.21. The van der Waals surface area contributed by atoms with Crippen LogP contribution in [-0.2, 0) is 0 Å². The van der Waals surface area contributed by atoms with E-state index in [9.17, 15) is 0 Å². The predicted molar refractivity (Wildman–Crippen MR) is 67.2 cm³/mol. The van der Waals surface area contributed by atoms with Gasteiger partial charge in [-0.25, -0.2) is 0 Å². The van der Waals surface area contributed by atoms with Crippen molar-refractivity contribution in [2.75, 3.05) is 7.05 Å². The Hall–Kier alpha value is -0.820. The van der Waals surface area contributed by atoms with Crippen LogP contribution in [0.15, 0.2) is 30.3 Å². The number of hydrogen-bond donors (Lipinski definition) is 1. The van der Waals surface area contributed by atoms with E-state index in [1.54, 1.807) is 0 Å². The highest BCUT2D eigenvalue weighted by Gasteiger charge is 2.53. The van der Waals surface area contributed by atoms with Crippen molar-refractivity contribution in [2.45, 2.75) is 31.7 Å². The SMILES string of the molecule is CNC(c1ccccc1)C1C2CCCCC21. The molecule has 1 heteroatoms. The lowest BCUT2D eigenvalue weighted by Crippen LogP contribution is -2.19. The molecule has 0 aromatic heterocycles. The van der Waals surface area contributed by atoms with Gasteiger partial charge in [0.2, 0.25) is 0 Å². The Kier molecular flexibility index (Phi) is 2.72. The standard InChI is InChI=1S/C15H21N/c1-16-15(11-7-3-2-4-8-11)14-12-9-5-6-10-13(12)14/h2-4,7-8,12-16H,5-6,9-10H2,1H3. The van der Waals surface area contributed by atoms with E-state index in [4.69, 9.17) is 0 Å². The Morgan fingerprint density at radius 1 is 1.06 bits per heavy atom. The van der Waals surface area contributed by atoms with Crippen molar-refractivity contribution in [1.29, 1.82) is 0 Å². The molecular formula is C15H21N. The van der Waals surface area contributed by atoms with E-state index in [2.05, 4.69) is 42.7 Å². The maximum absolute atomic E-state index is 3.54. The zero-order valence-electron chi connectivity index (χ0n) is 10.0. The Labute approximate surface area is 98.3 Å². The minimum Gasteiger partial charge on any atom is -0.313 e. The summed E-state index contributed by atoms with van der Waals surface area (Å²) in [5, 5.41) is 3.54. The molecule has 0 saturated heterocycles. The highest BCUT2D eigenvalue weighted by molar-refractivity contribution is 5.23. The third kappa shape index (κ3) is 1.67. The molecule has 2 fully saturated rings. The Morgan fingerprint density at radius 2 is 1.69 bits per heavy atom. The maximum atomic E-state index is 3.54. The van der Waals surface area contributed by atoms with Gasteiger partial charge in [0, 0.05) is 6.04 Å². The van der Waals surface area contributed by atoms with E-state index in [1.807, 2.05) is 0 Å². The van der Waals surface area contributed by atoms with Crippen LogP contribution in [0.1, 0.15) is 37.3 Å². The first kappa shape index (κ1) is 10.3. The van der Waals surface area contributed by atoms with Crippen LogP contribution in [0.3, 0.4) is 0 Å². The summed E-state index contributed by atoms with van der Waals surface area (Å²) >= 11 is 0. The largest absolute Gasteiger partial charge is 0.313 e. The van der Waals surface area contributed by atoms with Crippen molar-refractivity contribution in [3.8, 4) is 0 Å². The molecule has 86 valence electrons. The van der Waals surface area contributed by atoms with Crippen molar-refractivity contribution >= 4 is 0 Å². The lowest BCUT2D eigenvalue weighted by atomic mass is 10.0. The Morgan fingerprint density at radius 3 is 2.25 bits per heavy atom. The Balaban J connectivity index is 1.77. The van der Waals surface area contributed by atoms with Gasteiger partial charge in [-0.3, -0.25) is 0 Å². The summed E-state index contributed by atoms with van der Waals surface area (Å²) in [4.78, 5) is 0. The first-order valence-electron chi connectivity index (χ1n) is 6.64. The van der Waals surface area contributed by atoms with Crippen molar-refractivity contribution < 1.29 is 0 Å². The molecule has 2 aliphatic carbocycles. The molecule has 0 spiro atoms. The predicted octanol–water partition coefficient (Wildman–Crippen LogP) is 3.38. The number of nitrogens with one attached hydrogen (secondary N) is 1. The summed E-state index contributed by atoms with van der Waals surface area (Å²) in [6.45, 7) is 0. The Bertz CT molecular complexity index is 334. The summed E-state index contributed by atoms with van der Waals surface area (Å²) < 4.78 is 0. The van der Waals surface area contributed by atoms with Crippen LogP contribution >= 0.6 is 0 Å². The van der Waals surface area contributed by atoms with Gasteiger partial charge in [0.25, 0.3) is 0 Å². The molecule has 3 atom stereocenters. The number of fused-ring (bicyclic) bond motifs is 1. The topological polar surface area (TPSA) is 12.0 Å². The maximum Gasteiger partial charge on any atom is 0.0351 e. The van der Waals surface area contributed by atoms with E-state index < -0.39 is 0 Å².